The number of sulfonamides is 1. The Morgan fingerprint density at radius 1 is 1.12 bits per heavy atom. The molecule has 0 saturated heterocycles. The summed E-state index contributed by atoms with van der Waals surface area (Å²) in [5.74, 6) is -0.390. The molecule has 2 rings (SSSR count). The monoisotopic (exact) mass is 410 g/mol. The first-order valence-electron chi connectivity index (χ1n) is 7.29. The number of carbonyl (C=O) groups excluding carboxylic acids is 1. The summed E-state index contributed by atoms with van der Waals surface area (Å²) in [4.78, 5) is 12.2. The molecule has 0 saturated carbocycles. The Labute approximate surface area is 150 Å². The molecule has 0 spiro atoms. The van der Waals surface area contributed by atoms with E-state index in [0.29, 0.717) is 5.69 Å². The van der Waals surface area contributed by atoms with E-state index < -0.39 is 15.9 Å². The molecular weight excluding hydrogens is 392 g/mol. The van der Waals surface area contributed by atoms with Gasteiger partial charge in [0.05, 0.1) is 11.4 Å². The van der Waals surface area contributed by atoms with Gasteiger partial charge in [-0.2, -0.15) is 4.31 Å². The Kier molecular flexibility index (Phi) is 5.79. The molecule has 0 aromatic heterocycles. The lowest BCUT2D eigenvalue weighted by atomic mass is 10.2. The van der Waals surface area contributed by atoms with E-state index in [1.54, 1.807) is 24.3 Å². The maximum Gasteiger partial charge on any atom is 0.243 e. The number of amides is 1. The highest BCUT2D eigenvalue weighted by molar-refractivity contribution is 9.10. The van der Waals surface area contributed by atoms with Crippen LogP contribution in [0.15, 0.2) is 51.8 Å². The van der Waals surface area contributed by atoms with Crippen molar-refractivity contribution < 1.29 is 13.2 Å². The quantitative estimate of drug-likeness (QED) is 0.821. The van der Waals surface area contributed by atoms with Crippen LogP contribution in [0.3, 0.4) is 0 Å². The van der Waals surface area contributed by atoms with Crippen LogP contribution in [0, 0.1) is 13.8 Å². The van der Waals surface area contributed by atoms with Crippen LogP contribution in [0.2, 0.25) is 0 Å². The number of aryl methyl sites for hydroxylation is 2. The third kappa shape index (κ3) is 4.43. The minimum Gasteiger partial charge on any atom is -0.325 e. The number of rotatable bonds is 5. The van der Waals surface area contributed by atoms with E-state index in [2.05, 4.69) is 21.2 Å². The second-order valence-electron chi connectivity index (χ2n) is 5.59. The van der Waals surface area contributed by atoms with Gasteiger partial charge < -0.3 is 5.32 Å². The SMILES string of the molecule is Cc1ccc(NC(=O)CN(C)S(=O)(=O)c2ccc(Br)c(C)c2)cc1. The average molecular weight is 411 g/mol. The van der Waals surface area contributed by atoms with Crippen molar-refractivity contribution in [3.63, 3.8) is 0 Å². The molecule has 0 aliphatic heterocycles. The van der Waals surface area contributed by atoms with Crippen molar-refractivity contribution in [2.75, 3.05) is 18.9 Å². The summed E-state index contributed by atoms with van der Waals surface area (Å²) in [5.41, 5.74) is 2.53. The molecule has 0 heterocycles. The zero-order chi connectivity index (χ0) is 17.9. The molecule has 2 aromatic carbocycles. The highest BCUT2D eigenvalue weighted by Gasteiger charge is 2.23. The fraction of sp³-hybridized carbons (Fsp3) is 0.235. The van der Waals surface area contributed by atoms with Gasteiger partial charge >= 0.3 is 0 Å². The zero-order valence-corrected chi connectivity index (χ0v) is 16.1. The van der Waals surface area contributed by atoms with Crippen LogP contribution in [0.25, 0.3) is 0 Å². The average Bonchev–Trinajstić information content (AvgIpc) is 2.52. The minimum absolute atomic E-state index is 0.161. The molecule has 0 aliphatic rings. The van der Waals surface area contributed by atoms with Crippen molar-refractivity contribution in [3.05, 3.63) is 58.1 Å². The molecular formula is C17H19BrN2O3S. The van der Waals surface area contributed by atoms with Crippen molar-refractivity contribution >= 4 is 37.5 Å². The number of hydrogen-bond donors (Lipinski definition) is 1. The number of carbonyl (C=O) groups is 1. The van der Waals surface area contributed by atoms with Gasteiger partial charge in [0.25, 0.3) is 0 Å². The first-order valence-corrected chi connectivity index (χ1v) is 9.52. The van der Waals surface area contributed by atoms with E-state index >= 15 is 0 Å². The third-order valence-electron chi connectivity index (χ3n) is 3.54. The summed E-state index contributed by atoms with van der Waals surface area (Å²) in [6.07, 6.45) is 0. The van der Waals surface area contributed by atoms with E-state index in [0.717, 1.165) is 19.9 Å². The molecule has 0 aliphatic carbocycles. The van der Waals surface area contributed by atoms with Crippen LogP contribution in [0.4, 0.5) is 5.69 Å². The second-order valence-corrected chi connectivity index (χ2v) is 8.49. The van der Waals surface area contributed by atoms with Crippen LogP contribution in [-0.2, 0) is 14.8 Å². The molecule has 0 unspecified atom stereocenters. The highest BCUT2D eigenvalue weighted by Crippen LogP contribution is 2.22. The third-order valence-corrected chi connectivity index (χ3v) is 6.23. The lowest BCUT2D eigenvalue weighted by Gasteiger charge is -2.17. The number of likely N-dealkylation sites (N-methyl/N-ethyl adjacent to an activating group) is 1. The number of hydrogen-bond acceptors (Lipinski definition) is 3. The van der Waals surface area contributed by atoms with Crippen LogP contribution in [0.5, 0.6) is 0 Å². The minimum atomic E-state index is -3.72. The van der Waals surface area contributed by atoms with Gasteiger partial charge in [-0.3, -0.25) is 4.79 Å². The number of benzene rings is 2. The van der Waals surface area contributed by atoms with Crippen LogP contribution >= 0.6 is 15.9 Å². The number of nitrogens with one attached hydrogen (secondary N) is 1. The van der Waals surface area contributed by atoms with Crippen LogP contribution < -0.4 is 5.32 Å². The van der Waals surface area contributed by atoms with Crippen LogP contribution in [-0.4, -0.2) is 32.2 Å². The maximum atomic E-state index is 12.6. The molecule has 2 aromatic rings. The van der Waals surface area contributed by atoms with Gasteiger partial charge in [0.2, 0.25) is 15.9 Å². The summed E-state index contributed by atoms with van der Waals surface area (Å²) in [6, 6.07) is 12.1. The first kappa shape index (κ1) is 18.6. The van der Waals surface area contributed by atoms with E-state index in [-0.39, 0.29) is 11.4 Å². The topological polar surface area (TPSA) is 66.5 Å². The molecule has 1 amide bonds. The predicted molar refractivity (Wildman–Crippen MR) is 98.5 cm³/mol. The second kappa shape index (κ2) is 7.46. The lowest BCUT2D eigenvalue weighted by molar-refractivity contribution is -0.116. The normalized spacial score (nSPS) is 11.5. The first-order chi connectivity index (χ1) is 11.2. The van der Waals surface area contributed by atoms with E-state index in [1.165, 1.54) is 13.1 Å². The molecule has 128 valence electrons. The molecule has 1 N–H and O–H groups in total. The van der Waals surface area contributed by atoms with Gasteiger partial charge in [-0.1, -0.05) is 33.6 Å². The summed E-state index contributed by atoms with van der Waals surface area (Å²) >= 11 is 3.34. The highest BCUT2D eigenvalue weighted by atomic mass is 79.9. The van der Waals surface area contributed by atoms with Gasteiger partial charge in [-0.05, 0) is 49.7 Å². The van der Waals surface area contributed by atoms with E-state index in [1.807, 2.05) is 26.0 Å². The van der Waals surface area contributed by atoms with Crippen molar-refractivity contribution in [1.82, 2.24) is 4.31 Å². The lowest BCUT2D eigenvalue weighted by Crippen LogP contribution is -2.35. The molecule has 0 atom stereocenters. The summed E-state index contributed by atoms with van der Waals surface area (Å²) in [5, 5.41) is 2.69. The van der Waals surface area contributed by atoms with Gasteiger partial charge in [0.15, 0.2) is 0 Å². The van der Waals surface area contributed by atoms with E-state index in [4.69, 9.17) is 0 Å². The largest absolute Gasteiger partial charge is 0.325 e. The molecule has 0 radical (unpaired) electrons. The van der Waals surface area contributed by atoms with Gasteiger partial charge in [0.1, 0.15) is 0 Å². The summed E-state index contributed by atoms with van der Waals surface area (Å²) in [7, 11) is -2.33. The predicted octanol–water partition coefficient (Wildman–Crippen LogP) is 3.33. The number of nitrogens with zero attached hydrogens (tertiary/aromatic N) is 1. The summed E-state index contributed by atoms with van der Waals surface area (Å²) in [6.45, 7) is 3.50. The van der Waals surface area contributed by atoms with Crippen molar-refractivity contribution in [1.29, 1.82) is 0 Å². The van der Waals surface area contributed by atoms with Gasteiger partial charge in [-0.15, -0.1) is 0 Å². The van der Waals surface area contributed by atoms with E-state index in [9.17, 15) is 13.2 Å². The Bertz CT molecular complexity index is 849. The molecule has 7 heteroatoms. The Balaban J connectivity index is 2.09. The molecule has 24 heavy (non-hydrogen) atoms. The zero-order valence-electron chi connectivity index (χ0n) is 13.7. The van der Waals surface area contributed by atoms with Gasteiger partial charge in [-0.25, -0.2) is 8.42 Å². The molecule has 0 bridgehead atoms. The fourth-order valence-corrected chi connectivity index (χ4v) is 3.54. The Hall–Kier alpha value is -1.70. The number of anilines is 1. The van der Waals surface area contributed by atoms with Crippen molar-refractivity contribution in [2.24, 2.45) is 0 Å². The maximum absolute atomic E-state index is 12.6. The van der Waals surface area contributed by atoms with Crippen molar-refractivity contribution in [3.8, 4) is 0 Å². The Morgan fingerprint density at radius 2 is 1.75 bits per heavy atom. The molecule has 5 nitrogen and oxygen atoms in total. The van der Waals surface area contributed by atoms with Crippen molar-refractivity contribution in [2.45, 2.75) is 18.7 Å². The summed E-state index contributed by atoms with van der Waals surface area (Å²) < 4.78 is 27.0. The number of halogens is 1. The Morgan fingerprint density at radius 3 is 2.33 bits per heavy atom. The smallest absolute Gasteiger partial charge is 0.243 e. The van der Waals surface area contributed by atoms with Crippen LogP contribution in [0.1, 0.15) is 11.1 Å². The van der Waals surface area contributed by atoms with Gasteiger partial charge in [0, 0.05) is 17.2 Å². The molecule has 0 fully saturated rings. The fourth-order valence-electron chi connectivity index (χ4n) is 2.08. The standard InChI is InChI=1S/C17H19BrN2O3S/c1-12-4-6-14(7-5-12)19-17(21)11-20(3)24(22,23)15-8-9-16(18)13(2)10-15/h4-10H,11H2,1-3H3,(H,19,21).